The topological polar surface area (TPSA) is 66.5 Å². The summed E-state index contributed by atoms with van der Waals surface area (Å²) in [5.41, 5.74) is 0.918. The van der Waals surface area contributed by atoms with E-state index < -0.39 is 28.0 Å². The molecule has 0 unspecified atom stereocenters. The zero-order chi connectivity index (χ0) is 20.4. The molecule has 1 amide bonds. The Kier molecular flexibility index (Phi) is 6.72. The average molecular weight is 433 g/mol. The number of halogens is 3. The van der Waals surface area contributed by atoms with Crippen LogP contribution >= 0.6 is 23.2 Å². The molecule has 9 heteroatoms. The lowest BCUT2D eigenvalue weighted by Crippen LogP contribution is -2.48. The van der Waals surface area contributed by atoms with E-state index in [-0.39, 0.29) is 21.5 Å². The van der Waals surface area contributed by atoms with Gasteiger partial charge in [0, 0.05) is 0 Å². The van der Waals surface area contributed by atoms with Gasteiger partial charge in [0.05, 0.1) is 28.0 Å². The van der Waals surface area contributed by atoms with Crippen molar-refractivity contribution in [3.8, 4) is 0 Å². The maximum Gasteiger partial charge on any atom is 0.244 e. The van der Waals surface area contributed by atoms with E-state index in [2.05, 4.69) is 5.32 Å². The number of rotatable bonds is 6. The maximum absolute atomic E-state index is 13.0. The highest BCUT2D eigenvalue weighted by molar-refractivity contribution is 7.92. The molecule has 0 saturated heterocycles. The lowest BCUT2D eigenvalue weighted by molar-refractivity contribution is -0.122. The van der Waals surface area contributed by atoms with E-state index in [0.29, 0.717) is 5.56 Å². The minimum atomic E-state index is -3.78. The highest BCUT2D eigenvalue weighted by Gasteiger charge is 2.30. The SMILES string of the molecule is C[C@H](C(=O)N[C@H](C)c1ccc(F)cc1)N(c1ccc(Cl)c(Cl)c1)S(C)(=O)=O. The molecule has 2 aromatic rings. The van der Waals surface area contributed by atoms with E-state index >= 15 is 0 Å². The Balaban J connectivity index is 2.26. The minimum Gasteiger partial charge on any atom is -0.348 e. The first kappa shape index (κ1) is 21.5. The van der Waals surface area contributed by atoms with Gasteiger partial charge in [0.15, 0.2) is 0 Å². The molecule has 0 bridgehead atoms. The van der Waals surface area contributed by atoms with Gasteiger partial charge >= 0.3 is 0 Å². The number of anilines is 1. The molecule has 0 heterocycles. The number of hydrogen-bond acceptors (Lipinski definition) is 3. The predicted molar refractivity (Wildman–Crippen MR) is 106 cm³/mol. The molecule has 146 valence electrons. The van der Waals surface area contributed by atoms with Crippen LogP contribution < -0.4 is 9.62 Å². The molecule has 0 fully saturated rings. The van der Waals surface area contributed by atoms with Gasteiger partial charge in [-0.3, -0.25) is 9.10 Å². The zero-order valence-corrected chi connectivity index (χ0v) is 17.2. The summed E-state index contributed by atoms with van der Waals surface area (Å²) in [6.07, 6.45) is 1.00. The second-order valence-corrected chi connectivity index (χ2v) is 8.79. The molecule has 0 aliphatic rings. The standard InChI is InChI=1S/C18H19Cl2FN2O3S/c1-11(13-4-6-14(21)7-5-13)22-18(24)12(2)23(27(3,25)26)15-8-9-16(19)17(20)10-15/h4-12H,1-3H3,(H,22,24)/t11-,12-/m1/s1. The summed E-state index contributed by atoms with van der Waals surface area (Å²) >= 11 is 11.9. The smallest absolute Gasteiger partial charge is 0.244 e. The first-order valence-corrected chi connectivity index (χ1v) is 10.6. The normalized spacial score (nSPS) is 13.7. The molecule has 2 atom stereocenters. The molecule has 0 aliphatic carbocycles. The molecule has 0 aromatic heterocycles. The molecular formula is C18H19Cl2FN2O3S. The van der Waals surface area contributed by atoms with Crippen molar-refractivity contribution in [2.24, 2.45) is 0 Å². The van der Waals surface area contributed by atoms with E-state index in [4.69, 9.17) is 23.2 Å². The van der Waals surface area contributed by atoms with Crippen LogP contribution in [0.25, 0.3) is 0 Å². The van der Waals surface area contributed by atoms with Gasteiger partial charge < -0.3 is 5.32 Å². The van der Waals surface area contributed by atoms with Crippen molar-refractivity contribution in [1.82, 2.24) is 5.32 Å². The van der Waals surface area contributed by atoms with Gasteiger partial charge in [0.2, 0.25) is 15.9 Å². The minimum absolute atomic E-state index is 0.176. The number of nitrogens with zero attached hydrogens (tertiary/aromatic N) is 1. The van der Waals surface area contributed by atoms with E-state index in [1.807, 2.05) is 0 Å². The van der Waals surface area contributed by atoms with Crippen molar-refractivity contribution in [3.63, 3.8) is 0 Å². The van der Waals surface area contributed by atoms with E-state index in [1.54, 1.807) is 19.1 Å². The summed E-state index contributed by atoms with van der Waals surface area (Å²) in [5, 5.41) is 3.19. The highest BCUT2D eigenvalue weighted by atomic mass is 35.5. The van der Waals surface area contributed by atoms with Crippen molar-refractivity contribution in [3.05, 3.63) is 63.9 Å². The summed E-state index contributed by atoms with van der Waals surface area (Å²) in [6, 6.07) is 8.54. The molecule has 0 radical (unpaired) electrons. The van der Waals surface area contributed by atoms with Crippen molar-refractivity contribution >= 4 is 44.8 Å². The summed E-state index contributed by atoms with van der Waals surface area (Å²) in [6.45, 7) is 3.19. The predicted octanol–water partition coefficient (Wildman–Crippen LogP) is 4.16. The van der Waals surface area contributed by atoms with Crippen LogP contribution in [0.1, 0.15) is 25.5 Å². The Morgan fingerprint density at radius 3 is 2.19 bits per heavy atom. The fourth-order valence-corrected chi connectivity index (χ4v) is 4.06. The largest absolute Gasteiger partial charge is 0.348 e. The lowest BCUT2D eigenvalue weighted by atomic mass is 10.1. The molecule has 27 heavy (non-hydrogen) atoms. The number of hydrogen-bond donors (Lipinski definition) is 1. The lowest BCUT2D eigenvalue weighted by Gasteiger charge is -2.29. The van der Waals surface area contributed by atoms with Crippen molar-refractivity contribution in [1.29, 1.82) is 0 Å². The number of carbonyl (C=O) groups excluding carboxylic acids is 1. The molecule has 2 rings (SSSR count). The number of sulfonamides is 1. The number of amides is 1. The van der Waals surface area contributed by atoms with Gasteiger partial charge in [-0.05, 0) is 49.7 Å². The van der Waals surface area contributed by atoms with Gasteiger partial charge in [0.1, 0.15) is 11.9 Å². The maximum atomic E-state index is 13.0. The third-order valence-corrected chi connectivity index (χ3v) is 5.96. The third kappa shape index (κ3) is 5.34. The Labute approximate surface area is 168 Å². The number of benzene rings is 2. The van der Waals surface area contributed by atoms with Crippen molar-refractivity contribution < 1.29 is 17.6 Å². The Bertz CT molecular complexity index is 936. The van der Waals surface area contributed by atoms with Gasteiger partial charge in [0.25, 0.3) is 0 Å². The molecule has 0 aliphatic heterocycles. The quantitative estimate of drug-likeness (QED) is 0.744. The van der Waals surface area contributed by atoms with Crippen LogP contribution in [0.3, 0.4) is 0 Å². The van der Waals surface area contributed by atoms with Crippen molar-refractivity contribution in [2.75, 3.05) is 10.6 Å². The molecule has 2 aromatic carbocycles. The van der Waals surface area contributed by atoms with Crippen LogP contribution in [0.2, 0.25) is 10.0 Å². The number of nitrogens with one attached hydrogen (secondary N) is 1. The molecule has 1 N–H and O–H groups in total. The molecule has 0 saturated carbocycles. The van der Waals surface area contributed by atoms with Crippen LogP contribution in [0.15, 0.2) is 42.5 Å². The Morgan fingerprint density at radius 1 is 1.07 bits per heavy atom. The van der Waals surface area contributed by atoms with Gasteiger partial charge in [-0.25, -0.2) is 12.8 Å². The summed E-state index contributed by atoms with van der Waals surface area (Å²) in [7, 11) is -3.78. The Morgan fingerprint density at radius 2 is 1.67 bits per heavy atom. The van der Waals surface area contributed by atoms with E-state index in [0.717, 1.165) is 10.6 Å². The fourth-order valence-electron chi connectivity index (χ4n) is 2.60. The fraction of sp³-hybridized carbons (Fsp3) is 0.278. The zero-order valence-electron chi connectivity index (χ0n) is 14.9. The highest BCUT2D eigenvalue weighted by Crippen LogP contribution is 2.29. The van der Waals surface area contributed by atoms with Gasteiger partial charge in [-0.2, -0.15) is 0 Å². The summed E-state index contributed by atoms with van der Waals surface area (Å²) in [5.74, 6) is -0.892. The third-order valence-electron chi connectivity index (χ3n) is 3.97. The number of carbonyl (C=O) groups is 1. The summed E-state index contributed by atoms with van der Waals surface area (Å²) in [4.78, 5) is 12.7. The van der Waals surface area contributed by atoms with Crippen LogP contribution in [-0.4, -0.2) is 26.6 Å². The Hall–Kier alpha value is -1.83. The van der Waals surface area contributed by atoms with Crippen LogP contribution in [0, 0.1) is 5.82 Å². The van der Waals surface area contributed by atoms with Gasteiger partial charge in [-0.15, -0.1) is 0 Å². The molecule has 5 nitrogen and oxygen atoms in total. The monoisotopic (exact) mass is 432 g/mol. The average Bonchev–Trinajstić information content (AvgIpc) is 2.57. The van der Waals surface area contributed by atoms with Gasteiger partial charge in [-0.1, -0.05) is 35.3 Å². The first-order valence-electron chi connectivity index (χ1n) is 8.01. The first-order chi connectivity index (χ1) is 12.5. The molecular weight excluding hydrogens is 414 g/mol. The second-order valence-electron chi connectivity index (χ2n) is 6.12. The molecule has 0 spiro atoms. The van der Waals surface area contributed by atoms with Crippen LogP contribution in [-0.2, 0) is 14.8 Å². The van der Waals surface area contributed by atoms with E-state index in [1.165, 1.54) is 37.3 Å². The second kappa shape index (κ2) is 8.46. The van der Waals surface area contributed by atoms with Crippen molar-refractivity contribution in [2.45, 2.75) is 25.9 Å². The van der Waals surface area contributed by atoms with Crippen LogP contribution in [0.5, 0.6) is 0 Å². The summed E-state index contributed by atoms with van der Waals surface area (Å²) < 4.78 is 38.6. The van der Waals surface area contributed by atoms with Crippen LogP contribution in [0.4, 0.5) is 10.1 Å². The van der Waals surface area contributed by atoms with E-state index in [9.17, 15) is 17.6 Å².